The van der Waals surface area contributed by atoms with Crippen LogP contribution in [0.25, 0.3) is 89.4 Å². The number of nitrogen functional groups attached to an aromatic ring is 3. The Morgan fingerprint density at radius 1 is 0.500 bits per heavy atom. The van der Waals surface area contributed by atoms with E-state index in [-0.39, 0.29) is 52.4 Å². The molecule has 1 saturated heterocycles. The molecule has 0 unspecified atom stereocenters. The molecule has 0 spiro atoms. The number of anilines is 4. The maximum absolute atomic E-state index is 13.1. The molecule has 638 valence electrons. The lowest BCUT2D eigenvalue weighted by Crippen LogP contribution is -2.41. The number of fused-ring (bicyclic) bond motifs is 1. The molecule has 0 bridgehead atoms. The zero-order valence-electron chi connectivity index (χ0n) is 72.2. The van der Waals surface area contributed by atoms with Crippen molar-refractivity contribution in [3.8, 4) is 78.4 Å². The highest BCUT2D eigenvalue weighted by Gasteiger charge is 2.52. The van der Waals surface area contributed by atoms with E-state index in [1.165, 1.54) is 36.9 Å². The number of halogens is 3. The maximum atomic E-state index is 13.1. The van der Waals surface area contributed by atoms with Crippen molar-refractivity contribution in [2.75, 3.05) is 29.1 Å². The second-order valence-corrected chi connectivity index (χ2v) is 32.9. The highest BCUT2D eigenvalue weighted by atomic mass is 79.9. The Hall–Kier alpha value is -14.1. The van der Waals surface area contributed by atoms with Gasteiger partial charge in [0.2, 0.25) is 11.9 Å². The summed E-state index contributed by atoms with van der Waals surface area (Å²) in [7, 11) is 7.29. The second kappa shape index (κ2) is 38.8. The number of hydrogen-bond donors (Lipinski definition) is 4. The lowest BCUT2D eigenvalue weighted by atomic mass is 9.79. The van der Waals surface area contributed by atoms with Gasteiger partial charge in [0.05, 0.1) is 81.2 Å². The van der Waals surface area contributed by atoms with Gasteiger partial charge in [-0.15, -0.1) is 0 Å². The van der Waals surface area contributed by atoms with Crippen LogP contribution in [-0.2, 0) is 43.0 Å². The third-order valence-corrected chi connectivity index (χ3v) is 21.2. The smallest absolute Gasteiger partial charge is 0.399 e. The SMILES string of the molecule is C1=NC=NC1.CC(C)(C)Nc1ccc(-c2cnc(N)nc2)cc1N.Cc1c(-c2ccc(-n3cncn3)c(-c3nc4cc(-c5cnc(N)nc5)ccc4n3C(C)(C)C)c2)cnn1C.Cc1c(-c2ccc(-n3cncn3)c(C=O)c2)cnn1C.Cc1c(-c2ccc(F)c(C=O)c2)cnn1C.Cc1c(B2OC(C)(C)C(C)(C)O2)cnn1C.O=Cc1cc(Br)ccc1F. The summed E-state index contributed by atoms with van der Waals surface area (Å²) in [6.07, 6.45) is 25.5. The average Bonchev–Trinajstić information content (AvgIpc) is 1.58. The van der Waals surface area contributed by atoms with Crippen molar-refractivity contribution in [1.29, 1.82) is 0 Å². The molecule has 2 aliphatic rings. The van der Waals surface area contributed by atoms with Crippen molar-refractivity contribution < 1.29 is 32.5 Å². The molecular formula is C89H98BBrF2N26O5. The van der Waals surface area contributed by atoms with Crippen LogP contribution in [0.3, 0.4) is 0 Å². The largest absolute Gasteiger partial charge is 0.498 e. The summed E-state index contributed by atoms with van der Waals surface area (Å²) >= 11 is 3.11. The van der Waals surface area contributed by atoms with Crippen LogP contribution in [-0.4, -0.2) is 160 Å². The molecule has 0 amide bonds. The van der Waals surface area contributed by atoms with Crippen LogP contribution in [0.4, 0.5) is 32.1 Å². The molecule has 0 saturated carbocycles. The van der Waals surface area contributed by atoms with E-state index >= 15 is 0 Å². The number of aryl methyl sites for hydroxylation is 4. The average molecular weight is 1740 g/mol. The van der Waals surface area contributed by atoms with Gasteiger partial charge in [-0.3, -0.25) is 38.1 Å². The van der Waals surface area contributed by atoms with E-state index < -0.39 is 11.6 Å². The first kappa shape index (κ1) is 90.7. The third kappa shape index (κ3) is 21.6. The molecular weight excluding hydrogens is 1640 g/mol. The molecule has 2 aliphatic heterocycles. The van der Waals surface area contributed by atoms with Crippen molar-refractivity contribution in [3.05, 3.63) is 240 Å². The topological polar surface area (TPSA) is 387 Å². The summed E-state index contributed by atoms with van der Waals surface area (Å²) in [6.45, 7) is 29.8. The lowest BCUT2D eigenvalue weighted by Gasteiger charge is -2.32. The first-order valence-electron chi connectivity index (χ1n) is 39.1. The third-order valence-electron chi connectivity index (χ3n) is 20.7. The quantitative estimate of drug-likeness (QED) is 0.0473. The predicted octanol–water partition coefficient (Wildman–Crippen LogP) is 15.0. The van der Waals surface area contributed by atoms with Crippen molar-refractivity contribution in [2.45, 2.75) is 119 Å². The number of aldehydes is 3. The van der Waals surface area contributed by atoms with Crippen molar-refractivity contribution in [2.24, 2.45) is 38.2 Å². The highest BCUT2D eigenvalue weighted by molar-refractivity contribution is 9.10. The number of nitrogens with zero attached hydrogens (tertiary/aromatic N) is 22. The first-order valence-corrected chi connectivity index (χ1v) is 39.9. The number of nitrogens with one attached hydrogen (secondary N) is 1. The standard InChI is InChI=1S/C28H28N10.C14H13N5O.C14H19N5.C12H11FN2O.C11H19BN2O2.C7H4BrFO.C3H4N2/c1-17-22(14-33-36(17)5)19-7-8-24(37-16-30-15-34-37)21(10-19)26-35-23-11-18(20-12-31-27(29)32-13-20)6-9-25(23)38(26)28(2,3)4;1-10-13(6-16-18(10)2)11-3-4-14(12(5-11)7-20)19-9-15-8-17-19;1-14(2,3)19-12-5-4-9(6-11(12)15)10-7-17-13(16)18-8-10;1-8-11(6-14-15(8)2)9-3-4-12(13)10(5-9)7-16;1-8-9(7-13-14(8)6)12-15-10(2,3)11(4,5)16-12;8-6-1-2-7(9)5(3-6)4-10;1-2-5-3-4-1/h6-16H,1-5H3,(H2,29,31,32);3-9H,1-2H3;4-8,19H,15H2,1-3H3,(H2,16,17,18);3-7H,1-2H3;7H,1-6H3;1-4H;1,3H,2H2. The summed E-state index contributed by atoms with van der Waals surface area (Å²) in [5, 5.41) is 28.8. The minimum Gasteiger partial charge on any atom is -0.399 e. The Balaban J connectivity index is 0.000000150. The number of benzene rings is 6. The molecule has 9 aromatic heterocycles. The van der Waals surface area contributed by atoms with E-state index in [4.69, 9.17) is 31.5 Å². The van der Waals surface area contributed by atoms with Crippen LogP contribution < -0.4 is 28.0 Å². The van der Waals surface area contributed by atoms with Crippen molar-refractivity contribution in [3.63, 3.8) is 0 Å². The monoisotopic (exact) mass is 1740 g/mol. The Morgan fingerprint density at radius 3 is 1.38 bits per heavy atom. The molecule has 35 heteroatoms. The Morgan fingerprint density at radius 2 is 0.952 bits per heavy atom. The zero-order valence-corrected chi connectivity index (χ0v) is 73.8. The normalized spacial score (nSPS) is 12.9. The van der Waals surface area contributed by atoms with E-state index in [2.05, 4.69) is 209 Å². The number of rotatable bonds is 13. The van der Waals surface area contributed by atoms with Crippen LogP contribution >= 0.6 is 15.9 Å². The molecule has 1 fully saturated rings. The summed E-state index contributed by atoms with van der Waals surface area (Å²) in [6, 6.07) is 32.8. The number of hydrogen-bond acceptors (Lipinski definition) is 24. The molecule has 31 nitrogen and oxygen atoms in total. The molecule has 0 atom stereocenters. The Bertz CT molecular complexity index is 6290. The highest BCUT2D eigenvalue weighted by Crippen LogP contribution is 2.40. The van der Waals surface area contributed by atoms with E-state index in [1.54, 1.807) is 93.2 Å². The fourth-order valence-electron chi connectivity index (χ4n) is 12.8. The number of nitrogens with two attached hydrogens (primary N) is 3. The van der Waals surface area contributed by atoms with E-state index in [0.717, 1.165) is 130 Å². The Kier molecular flexibility index (Phi) is 28.4. The van der Waals surface area contributed by atoms with Gasteiger partial charge in [-0.2, -0.15) is 30.6 Å². The minimum atomic E-state index is -0.500. The van der Waals surface area contributed by atoms with Gasteiger partial charge >= 0.3 is 7.12 Å². The fourth-order valence-corrected chi connectivity index (χ4v) is 13.2. The number of carbonyl (C=O) groups is 3. The summed E-state index contributed by atoms with van der Waals surface area (Å²) in [5.74, 6) is 0.367. The zero-order chi connectivity index (χ0) is 89.7. The van der Waals surface area contributed by atoms with Crippen LogP contribution in [0, 0.1) is 39.3 Å². The minimum absolute atomic E-state index is 0.0278. The van der Waals surface area contributed by atoms with Crippen LogP contribution in [0.1, 0.15) is 123 Å². The van der Waals surface area contributed by atoms with Gasteiger partial charge in [0.15, 0.2) is 18.9 Å². The second-order valence-electron chi connectivity index (χ2n) is 31.9. The fraction of sp³-hybridized carbons (Fsp3) is 0.258. The Labute approximate surface area is 725 Å². The summed E-state index contributed by atoms with van der Waals surface area (Å²) < 4.78 is 51.2. The number of imidazole rings is 1. The summed E-state index contributed by atoms with van der Waals surface area (Å²) in [5.41, 5.74) is 37.9. The van der Waals surface area contributed by atoms with E-state index in [9.17, 15) is 23.2 Å². The molecule has 15 aromatic rings. The lowest BCUT2D eigenvalue weighted by molar-refractivity contribution is 0.00578. The van der Waals surface area contributed by atoms with E-state index in [0.29, 0.717) is 34.0 Å². The number of aliphatic imine (C=N–C) groups is 2. The first-order chi connectivity index (χ1) is 58.9. The van der Waals surface area contributed by atoms with Gasteiger partial charge < -0.3 is 36.4 Å². The van der Waals surface area contributed by atoms with Crippen LogP contribution in [0.15, 0.2) is 199 Å². The van der Waals surface area contributed by atoms with Gasteiger partial charge in [0, 0.05) is 148 Å². The molecule has 7 N–H and O–H groups in total. The maximum Gasteiger partial charge on any atom is 0.498 e. The van der Waals surface area contributed by atoms with E-state index in [1.807, 2.05) is 107 Å². The van der Waals surface area contributed by atoms with Crippen molar-refractivity contribution >= 4 is 94.2 Å². The number of carbonyl (C=O) groups excluding carboxylic acids is 3. The van der Waals surface area contributed by atoms with Gasteiger partial charge in [0.1, 0.15) is 49.1 Å². The van der Waals surface area contributed by atoms with Gasteiger partial charge in [-0.25, -0.2) is 58.0 Å². The van der Waals surface area contributed by atoms with Gasteiger partial charge in [0.25, 0.3) is 0 Å². The molecule has 17 rings (SSSR count). The predicted molar refractivity (Wildman–Crippen MR) is 485 cm³/mol. The molecule has 0 aliphatic carbocycles. The molecule has 6 aromatic carbocycles. The van der Waals surface area contributed by atoms with Crippen molar-refractivity contribution in [1.82, 2.24) is 98.1 Å². The van der Waals surface area contributed by atoms with Crippen LogP contribution in [0.5, 0.6) is 0 Å². The number of aromatic nitrogens is 20. The molecule has 11 heterocycles. The van der Waals surface area contributed by atoms with Gasteiger partial charge in [-0.1, -0.05) is 46.3 Å². The molecule has 0 radical (unpaired) electrons. The molecule has 124 heavy (non-hydrogen) atoms. The summed E-state index contributed by atoms with van der Waals surface area (Å²) in [4.78, 5) is 69.0. The van der Waals surface area contributed by atoms with Gasteiger partial charge in [-0.05, 0) is 204 Å². The van der Waals surface area contributed by atoms with Crippen LogP contribution in [0.2, 0.25) is 0 Å².